The lowest BCUT2D eigenvalue weighted by atomic mass is 9.68. The Morgan fingerprint density at radius 1 is 1.38 bits per heavy atom. The van der Waals surface area contributed by atoms with Crippen LogP contribution in [0.25, 0.3) is 0 Å². The van der Waals surface area contributed by atoms with Gasteiger partial charge in [0.1, 0.15) is 0 Å². The van der Waals surface area contributed by atoms with Crippen LogP contribution in [0, 0.1) is 17.3 Å². The van der Waals surface area contributed by atoms with E-state index in [1.54, 1.807) is 0 Å². The van der Waals surface area contributed by atoms with E-state index in [0.29, 0.717) is 5.41 Å². The van der Waals surface area contributed by atoms with Gasteiger partial charge in [-0.1, -0.05) is 33.8 Å². The van der Waals surface area contributed by atoms with Crippen LogP contribution < -0.4 is 0 Å². The lowest BCUT2D eigenvalue weighted by Gasteiger charge is -2.42. The van der Waals surface area contributed by atoms with Crippen LogP contribution in [0.1, 0.15) is 47.0 Å². The van der Waals surface area contributed by atoms with E-state index in [2.05, 4.69) is 45.2 Å². The maximum atomic E-state index is 4.09. The number of likely N-dealkylation sites (tertiary alicyclic amines) is 1. The van der Waals surface area contributed by atoms with E-state index in [1.165, 1.54) is 38.9 Å². The first-order chi connectivity index (χ1) is 7.51. The Labute approximate surface area is 102 Å². The molecule has 1 heteroatoms. The van der Waals surface area contributed by atoms with Crippen molar-refractivity contribution in [1.82, 2.24) is 4.90 Å². The molecule has 94 valence electrons. The fourth-order valence-electron chi connectivity index (χ4n) is 3.20. The van der Waals surface area contributed by atoms with Gasteiger partial charge >= 0.3 is 0 Å². The van der Waals surface area contributed by atoms with Crippen molar-refractivity contribution in [2.24, 2.45) is 17.3 Å². The molecule has 0 radical (unpaired) electrons. The molecule has 0 aromatic rings. The third-order valence-corrected chi connectivity index (χ3v) is 4.28. The Morgan fingerprint density at radius 3 is 2.31 bits per heavy atom. The lowest BCUT2D eigenvalue weighted by molar-refractivity contribution is 0.107. The Morgan fingerprint density at radius 2 is 1.94 bits per heavy atom. The van der Waals surface area contributed by atoms with E-state index < -0.39 is 0 Å². The van der Waals surface area contributed by atoms with Crippen LogP contribution in [0.3, 0.4) is 0 Å². The summed E-state index contributed by atoms with van der Waals surface area (Å²) in [6.07, 6.45) is 6.21. The van der Waals surface area contributed by atoms with E-state index in [-0.39, 0.29) is 0 Å². The third-order valence-electron chi connectivity index (χ3n) is 4.28. The van der Waals surface area contributed by atoms with Crippen molar-refractivity contribution in [3.63, 3.8) is 0 Å². The quantitative estimate of drug-likeness (QED) is 0.638. The molecule has 1 heterocycles. The Balaban J connectivity index is 2.57. The molecule has 1 unspecified atom stereocenters. The maximum Gasteiger partial charge on any atom is -0.00159 e. The fourth-order valence-corrected chi connectivity index (χ4v) is 3.20. The Bertz CT molecular complexity index is 213. The van der Waals surface area contributed by atoms with E-state index in [0.717, 1.165) is 11.8 Å². The highest BCUT2D eigenvalue weighted by Crippen LogP contribution is 2.41. The summed E-state index contributed by atoms with van der Waals surface area (Å²) >= 11 is 0. The van der Waals surface area contributed by atoms with Gasteiger partial charge in [0.25, 0.3) is 0 Å². The summed E-state index contributed by atoms with van der Waals surface area (Å²) in [6.45, 7) is 17.2. The van der Waals surface area contributed by atoms with Crippen molar-refractivity contribution >= 4 is 0 Å². The van der Waals surface area contributed by atoms with Gasteiger partial charge in [-0.2, -0.15) is 0 Å². The number of allylic oxidation sites excluding steroid dienone is 1. The predicted octanol–water partition coefficient (Wildman–Crippen LogP) is 3.96. The first-order valence-electron chi connectivity index (χ1n) is 6.87. The average molecular weight is 223 g/mol. The number of nitrogens with zero attached hydrogens (tertiary/aromatic N) is 1. The van der Waals surface area contributed by atoms with Crippen LogP contribution in [0.4, 0.5) is 0 Å². The van der Waals surface area contributed by atoms with Gasteiger partial charge in [0.2, 0.25) is 0 Å². The zero-order valence-electron chi connectivity index (χ0n) is 11.6. The minimum Gasteiger partial charge on any atom is -0.304 e. The summed E-state index contributed by atoms with van der Waals surface area (Å²) in [5.74, 6) is 1.61. The van der Waals surface area contributed by atoms with Crippen LogP contribution in [-0.2, 0) is 0 Å². The van der Waals surface area contributed by atoms with Crippen LogP contribution in [-0.4, -0.2) is 24.5 Å². The predicted molar refractivity (Wildman–Crippen MR) is 72.6 cm³/mol. The number of hydrogen-bond acceptors (Lipinski definition) is 1. The molecule has 1 aliphatic rings. The summed E-state index contributed by atoms with van der Waals surface area (Å²) in [7, 11) is 0. The van der Waals surface area contributed by atoms with Crippen molar-refractivity contribution in [2.45, 2.75) is 47.0 Å². The second-order valence-corrected chi connectivity index (χ2v) is 6.02. The molecule has 1 fully saturated rings. The smallest absolute Gasteiger partial charge is 0.00159 e. The monoisotopic (exact) mass is 223 g/mol. The first kappa shape index (κ1) is 13.8. The summed E-state index contributed by atoms with van der Waals surface area (Å²) in [5.41, 5.74) is 0.355. The highest BCUT2D eigenvalue weighted by Gasteiger charge is 2.33. The SMILES string of the molecule is C=CC(C)(CC(C)C)C1CCN(CC)CC1. The van der Waals surface area contributed by atoms with Gasteiger partial charge in [-0.3, -0.25) is 0 Å². The van der Waals surface area contributed by atoms with Crippen LogP contribution in [0.2, 0.25) is 0 Å². The van der Waals surface area contributed by atoms with Crippen molar-refractivity contribution < 1.29 is 0 Å². The summed E-state index contributed by atoms with van der Waals surface area (Å²) in [6, 6.07) is 0. The van der Waals surface area contributed by atoms with Crippen molar-refractivity contribution in [3.8, 4) is 0 Å². The topological polar surface area (TPSA) is 3.24 Å². The van der Waals surface area contributed by atoms with Crippen LogP contribution in [0.5, 0.6) is 0 Å². The molecule has 0 saturated carbocycles. The molecule has 1 atom stereocenters. The molecule has 0 spiro atoms. The van der Waals surface area contributed by atoms with Gasteiger partial charge < -0.3 is 4.90 Å². The molecular formula is C15H29N. The zero-order valence-corrected chi connectivity index (χ0v) is 11.6. The molecule has 0 aromatic carbocycles. The molecule has 1 saturated heterocycles. The van der Waals surface area contributed by atoms with Gasteiger partial charge in [-0.15, -0.1) is 6.58 Å². The second kappa shape index (κ2) is 5.86. The van der Waals surface area contributed by atoms with E-state index in [1.807, 2.05) is 0 Å². The number of hydrogen-bond donors (Lipinski definition) is 0. The number of rotatable bonds is 5. The van der Waals surface area contributed by atoms with Gasteiger partial charge in [0, 0.05) is 0 Å². The van der Waals surface area contributed by atoms with Gasteiger partial charge in [-0.25, -0.2) is 0 Å². The van der Waals surface area contributed by atoms with Crippen molar-refractivity contribution in [1.29, 1.82) is 0 Å². The molecular weight excluding hydrogens is 194 g/mol. The second-order valence-electron chi connectivity index (χ2n) is 6.02. The molecule has 0 aliphatic carbocycles. The van der Waals surface area contributed by atoms with Gasteiger partial charge in [-0.05, 0) is 56.1 Å². The minimum absolute atomic E-state index is 0.355. The molecule has 1 nitrogen and oxygen atoms in total. The summed E-state index contributed by atoms with van der Waals surface area (Å²) in [5, 5.41) is 0. The molecule has 1 aliphatic heterocycles. The molecule has 0 amide bonds. The molecule has 0 aromatic heterocycles. The van der Waals surface area contributed by atoms with Crippen LogP contribution >= 0.6 is 0 Å². The standard InChI is InChI=1S/C15H29N/c1-6-15(5,12-13(3)4)14-8-10-16(7-2)11-9-14/h6,13-14H,1,7-12H2,2-5H3. The number of piperidine rings is 1. The molecule has 16 heavy (non-hydrogen) atoms. The third kappa shape index (κ3) is 3.35. The highest BCUT2D eigenvalue weighted by molar-refractivity contribution is 4.98. The van der Waals surface area contributed by atoms with Crippen LogP contribution in [0.15, 0.2) is 12.7 Å². The molecule has 1 rings (SSSR count). The Kier molecular flexibility index (Phi) is 5.04. The average Bonchev–Trinajstić information content (AvgIpc) is 2.28. The highest BCUT2D eigenvalue weighted by atomic mass is 15.1. The van der Waals surface area contributed by atoms with E-state index >= 15 is 0 Å². The summed E-state index contributed by atoms with van der Waals surface area (Å²) in [4.78, 5) is 2.56. The largest absolute Gasteiger partial charge is 0.304 e. The first-order valence-corrected chi connectivity index (χ1v) is 6.87. The normalized spacial score (nSPS) is 23.3. The molecule has 0 bridgehead atoms. The van der Waals surface area contributed by atoms with Gasteiger partial charge in [0.05, 0.1) is 0 Å². The van der Waals surface area contributed by atoms with E-state index in [9.17, 15) is 0 Å². The lowest BCUT2D eigenvalue weighted by Crippen LogP contribution is -2.39. The maximum absolute atomic E-state index is 4.09. The Hall–Kier alpha value is -0.300. The summed E-state index contributed by atoms with van der Waals surface area (Å²) < 4.78 is 0. The minimum atomic E-state index is 0.355. The van der Waals surface area contributed by atoms with Crippen molar-refractivity contribution in [2.75, 3.05) is 19.6 Å². The van der Waals surface area contributed by atoms with Crippen molar-refractivity contribution in [3.05, 3.63) is 12.7 Å². The van der Waals surface area contributed by atoms with Gasteiger partial charge in [0.15, 0.2) is 0 Å². The molecule has 0 N–H and O–H groups in total. The fraction of sp³-hybridized carbons (Fsp3) is 0.867. The van der Waals surface area contributed by atoms with E-state index in [4.69, 9.17) is 0 Å². The zero-order chi connectivity index (χ0) is 12.2.